The zero-order valence-corrected chi connectivity index (χ0v) is 7.38. The first-order valence-electron chi connectivity index (χ1n) is 4.06. The van der Waals surface area contributed by atoms with Crippen LogP contribution in [0, 0.1) is 0 Å². The standard InChI is InChI=1S/C9H9N5/c10-7-5-13-9(14-8(7)11)6-1-3-12-4-2-6/h1-5H,10H2,(H2,11,13,14). The molecule has 0 amide bonds. The van der Waals surface area contributed by atoms with Crippen LogP contribution >= 0.6 is 0 Å². The fourth-order valence-electron chi connectivity index (χ4n) is 1.04. The van der Waals surface area contributed by atoms with E-state index in [0.29, 0.717) is 17.3 Å². The van der Waals surface area contributed by atoms with E-state index < -0.39 is 0 Å². The molecule has 0 aliphatic heterocycles. The molecule has 0 fully saturated rings. The maximum atomic E-state index is 5.57. The second-order valence-corrected chi connectivity index (χ2v) is 2.77. The molecule has 2 heterocycles. The molecule has 5 nitrogen and oxygen atoms in total. The van der Waals surface area contributed by atoms with Crippen molar-refractivity contribution in [3.8, 4) is 11.4 Å². The summed E-state index contributed by atoms with van der Waals surface area (Å²) in [7, 11) is 0. The van der Waals surface area contributed by atoms with Crippen molar-refractivity contribution in [3.05, 3.63) is 30.7 Å². The summed E-state index contributed by atoms with van der Waals surface area (Å²) in [5.74, 6) is 0.853. The third-order valence-corrected chi connectivity index (χ3v) is 1.79. The number of nitrogens with zero attached hydrogens (tertiary/aromatic N) is 3. The lowest BCUT2D eigenvalue weighted by molar-refractivity contribution is 1.18. The zero-order chi connectivity index (χ0) is 9.97. The average Bonchev–Trinajstić information content (AvgIpc) is 2.23. The van der Waals surface area contributed by atoms with Crippen LogP contribution in [-0.4, -0.2) is 15.0 Å². The molecule has 4 N–H and O–H groups in total. The number of nitrogens with two attached hydrogens (primary N) is 2. The number of pyridine rings is 1. The van der Waals surface area contributed by atoms with Crippen LogP contribution in [0.5, 0.6) is 0 Å². The molecule has 70 valence electrons. The highest BCUT2D eigenvalue weighted by Gasteiger charge is 2.02. The van der Waals surface area contributed by atoms with Crippen molar-refractivity contribution in [2.75, 3.05) is 11.5 Å². The van der Waals surface area contributed by atoms with Gasteiger partial charge >= 0.3 is 0 Å². The number of rotatable bonds is 1. The molecule has 0 saturated heterocycles. The molecule has 2 aromatic rings. The Morgan fingerprint density at radius 1 is 1.07 bits per heavy atom. The van der Waals surface area contributed by atoms with Crippen LogP contribution in [0.25, 0.3) is 11.4 Å². The van der Waals surface area contributed by atoms with Crippen LogP contribution in [0.1, 0.15) is 0 Å². The van der Waals surface area contributed by atoms with Gasteiger partial charge in [0.2, 0.25) is 0 Å². The van der Waals surface area contributed by atoms with Crippen molar-refractivity contribution in [1.29, 1.82) is 0 Å². The Labute approximate surface area is 80.8 Å². The van der Waals surface area contributed by atoms with Gasteiger partial charge in [0, 0.05) is 18.0 Å². The third kappa shape index (κ3) is 1.47. The normalized spacial score (nSPS) is 10.0. The van der Waals surface area contributed by atoms with Gasteiger partial charge in [-0.05, 0) is 12.1 Å². The van der Waals surface area contributed by atoms with Crippen LogP contribution < -0.4 is 11.5 Å². The van der Waals surface area contributed by atoms with Gasteiger partial charge in [0.1, 0.15) is 0 Å². The van der Waals surface area contributed by atoms with Crippen LogP contribution in [0.4, 0.5) is 11.5 Å². The van der Waals surface area contributed by atoms with Crippen LogP contribution in [0.15, 0.2) is 30.7 Å². The highest BCUT2D eigenvalue weighted by molar-refractivity contribution is 5.62. The molecule has 2 rings (SSSR count). The highest BCUT2D eigenvalue weighted by Crippen LogP contribution is 2.17. The van der Waals surface area contributed by atoms with Crippen LogP contribution in [0.3, 0.4) is 0 Å². The maximum absolute atomic E-state index is 5.57. The molecule has 0 bridgehead atoms. The van der Waals surface area contributed by atoms with E-state index in [2.05, 4.69) is 15.0 Å². The van der Waals surface area contributed by atoms with Crippen molar-refractivity contribution in [1.82, 2.24) is 15.0 Å². The molecule has 0 aromatic carbocycles. The Kier molecular flexibility index (Phi) is 1.98. The second-order valence-electron chi connectivity index (χ2n) is 2.77. The Balaban J connectivity index is 2.48. The van der Waals surface area contributed by atoms with E-state index in [1.54, 1.807) is 12.4 Å². The molecule has 0 atom stereocenters. The molecule has 0 unspecified atom stereocenters. The van der Waals surface area contributed by atoms with Crippen LogP contribution in [0.2, 0.25) is 0 Å². The van der Waals surface area contributed by atoms with Gasteiger partial charge in [0.25, 0.3) is 0 Å². The fourth-order valence-corrected chi connectivity index (χ4v) is 1.04. The van der Waals surface area contributed by atoms with Gasteiger partial charge in [0.05, 0.1) is 11.9 Å². The summed E-state index contributed by atoms with van der Waals surface area (Å²) in [6, 6.07) is 3.62. The molecular weight excluding hydrogens is 178 g/mol. The summed E-state index contributed by atoms with van der Waals surface area (Å²) in [6.45, 7) is 0. The summed E-state index contributed by atoms with van der Waals surface area (Å²) in [5, 5.41) is 0. The Bertz CT molecular complexity index is 440. The van der Waals surface area contributed by atoms with Gasteiger partial charge in [0.15, 0.2) is 11.6 Å². The zero-order valence-electron chi connectivity index (χ0n) is 7.38. The van der Waals surface area contributed by atoms with Gasteiger partial charge < -0.3 is 11.5 Å². The van der Waals surface area contributed by atoms with Gasteiger partial charge in [-0.2, -0.15) is 0 Å². The summed E-state index contributed by atoms with van der Waals surface area (Å²) >= 11 is 0. The summed E-state index contributed by atoms with van der Waals surface area (Å²) in [5.41, 5.74) is 12.3. The molecule has 14 heavy (non-hydrogen) atoms. The molecule has 2 aromatic heterocycles. The lowest BCUT2D eigenvalue weighted by Gasteiger charge is -2.01. The maximum Gasteiger partial charge on any atom is 0.161 e. The van der Waals surface area contributed by atoms with Crippen molar-refractivity contribution >= 4 is 11.5 Å². The first kappa shape index (κ1) is 8.43. The van der Waals surface area contributed by atoms with Crippen molar-refractivity contribution in [3.63, 3.8) is 0 Å². The monoisotopic (exact) mass is 187 g/mol. The van der Waals surface area contributed by atoms with Crippen molar-refractivity contribution < 1.29 is 0 Å². The smallest absolute Gasteiger partial charge is 0.161 e. The molecule has 0 aliphatic rings. The summed E-state index contributed by atoms with van der Waals surface area (Å²) < 4.78 is 0. The number of anilines is 2. The number of hydrogen-bond donors (Lipinski definition) is 2. The lowest BCUT2D eigenvalue weighted by atomic mass is 10.2. The minimum Gasteiger partial charge on any atom is -0.394 e. The summed E-state index contributed by atoms with van der Waals surface area (Å²) in [4.78, 5) is 12.0. The lowest BCUT2D eigenvalue weighted by Crippen LogP contribution is -2.00. The third-order valence-electron chi connectivity index (χ3n) is 1.79. The quantitative estimate of drug-likeness (QED) is 0.685. The van der Waals surface area contributed by atoms with E-state index in [0.717, 1.165) is 5.56 Å². The topological polar surface area (TPSA) is 90.7 Å². The SMILES string of the molecule is Nc1cnc(-c2ccncc2)nc1N. The van der Waals surface area contributed by atoms with Crippen molar-refractivity contribution in [2.45, 2.75) is 0 Å². The molecule has 5 heteroatoms. The molecule has 0 saturated carbocycles. The highest BCUT2D eigenvalue weighted by atomic mass is 15.0. The molecular formula is C9H9N5. The Morgan fingerprint density at radius 2 is 1.79 bits per heavy atom. The van der Waals surface area contributed by atoms with Crippen LogP contribution in [-0.2, 0) is 0 Å². The van der Waals surface area contributed by atoms with E-state index >= 15 is 0 Å². The minimum absolute atomic E-state index is 0.298. The molecule has 0 spiro atoms. The van der Waals surface area contributed by atoms with Crippen molar-refractivity contribution in [2.24, 2.45) is 0 Å². The van der Waals surface area contributed by atoms with Gasteiger partial charge in [-0.1, -0.05) is 0 Å². The number of nitrogen functional groups attached to an aromatic ring is 2. The Hall–Kier alpha value is -2.17. The van der Waals surface area contributed by atoms with E-state index in [-0.39, 0.29) is 0 Å². The van der Waals surface area contributed by atoms with Gasteiger partial charge in [-0.15, -0.1) is 0 Å². The number of aromatic nitrogens is 3. The van der Waals surface area contributed by atoms with E-state index in [1.165, 1.54) is 6.20 Å². The van der Waals surface area contributed by atoms with E-state index in [1.807, 2.05) is 12.1 Å². The average molecular weight is 187 g/mol. The van der Waals surface area contributed by atoms with Gasteiger partial charge in [-0.25, -0.2) is 9.97 Å². The fraction of sp³-hybridized carbons (Fsp3) is 0. The summed E-state index contributed by atoms with van der Waals surface area (Å²) in [6.07, 6.45) is 4.84. The molecule has 0 aliphatic carbocycles. The van der Waals surface area contributed by atoms with E-state index in [4.69, 9.17) is 11.5 Å². The van der Waals surface area contributed by atoms with Gasteiger partial charge in [-0.3, -0.25) is 4.98 Å². The predicted octanol–water partition coefficient (Wildman–Crippen LogP) is 0.703. The predicted molar refractivity (Wildman–Crippen MR) is 54.1 cm³/mol. The Morgan fingerprint density at radius 3 is 2.43 bits per heavy atom. The second kappa shape index (κ2) is 3.29. The minimum atomic E-state index is 0.298. The van der Waals surface area contributed by atoms with E-state index in [9.17, 15) is 0 Å². The largest absolute Gasteiger partial charge is 0.394 e. The first-order valence-corrected chi connectivity index (χ1v) is 4.06. The molecule has 0 radical (unpaired) electrons. The number of hydrogen-bond acceptors (Lipinski definition) is 5. The first-order chi connectivity index (χ1) is 6.77.